The number of alkyl carbamates (subject to hydrolysis) is 1. The monoisotopic (exact) mass is 393 g/mol. The van der Waals surface area contributed by atoms with Crippen LogP contribution in [-0.2, 0) is 30.4 Å². The second kappa shape index (κ2) is 10.8. The Bertz CT molecular complexity index is 653. The highest BCUT2D eigenvalue weighted by Crippen LogP contribution is 2.17. The fraction of sp³-hybridized carbons (Fsp3) is 0.571. The zero-order chi connectivity index (χ0) is 21.2. The molecule has 0 aliphatic heterocycles. The van der Waals surface area contributed by atoms with Gasteiger partial charge in [-0.2, -0.15) is 0 Å². The van der Waals surface area contributed by atoms with Gasteiger partial charge in [-0.05, 0) is 40.2 Å². The normalized spacial score (nSPS) is 13.3. The molecule has 1 aromatic rings. The lowest BCUT2D eigenvalue weighted by atomic mass is 9.90. The number of amides is 1. The van der Waals surface area contributed by atoms with Crippen LogP contribution in [0.2, 0.25) is 0 Å². The number of hydrogen-bond acceptors (Lipinski definition) is 6. The standard InChI is InChI=1S/C21H31NO6/c1-6-27-18(24)14-17(23)21(5,22-19(25)28-20(2,3)4)12-13-26-15-16-10-8-7-9-11-16/h7-11H,6,12-15H2,1-5H3,(H,22,25). The molecule has 0 fully saturated rings. The van der Waals surface area contributed by atoms with Crippen molar-refractivity contribution in [2.75, 3.05) is 13.2 Å². The predicted octanol–water partition coefficient (Wildman–Crippen LogP) is 3.40. The molecule has 0 radical (unpaired) electrons. The number of esters is 1. The van der Waals surface area contributed by atoms with Gasteiger partial charge < -0.3 is 19.5 Å². The van der Waals surface area contributed by atoms with Crippen LogP contribution in [0.1, 0.15) is 53.0 Å². The van der Waals surface area contributed by atoms with Crippen molar-refractivity contribution in [3.8, 4) is 0 Å². The van der Waals surface area contributed by atoms with Crippen molar-refractivity contribution in [3.63, 3.8) is 0 Å². The number of ketones is 1. The maximum absolute atomic E-state index is 12.7. The summed E-state index contributed by atoms with van der Waals surface area (Å²) in [6.45, 7) is 9.20. The third-order valence-electron chi connectivity index (χ3n) is 3.86. The minimum atomic E-state index is -1.31. The number of Topliss-reactive ketones (excluding diaryl/α,β-unsaturated/α-hetero) is 1. The van der Waals surface area contributed by atoms with E-state index in [1.807, 2.05) is 30.3 Å². The fourth-order valence-electron chi connectivity index (χ4n) is 2.38. The molecule has 0 aromatic heterocycles. The number of rotatable bonds is 10. The molecule has 1 aromatic carbocycles. The lowest BCUT2D eigenvalue weighted by Crippen LogP contribution is -2.54. The molecule has 0 heterocycles. The van der Waals surface area contributed by atoms with Crippen molar-refractivity contribution in [2.24, 2.45) is 0 Å². The highest BCUT2D eigenvalue weighted by molar-refractivity contribution is 6.02. The number of benzene rings is 1. The Morgan fingerprint density at radius 3 is 2.25 bits per heavy atom. The van der Waals surface area contributed by atoms with Gasteiger partial charge in [0.2, 0.25) is 0 Å². The molecule has 156 valence electrons. The van der Waals surface area contributed by atoms with Gasteiger partial charge in [0.25, 0.3) is 0 Å². The molecule has 0 spiro atoms. The van der Waals surface area contributed by atoms with Crippen LogP contribution >= 0.6 is 0 Å². The predicted molar refractivity (Wildman–Crippen MR) is 105 cm³/mol. The summed E-state index contributed by atoms with van der Waals surface area (Å²) in [6, 6.07) is 9.61. The summed E-state index contributed by atoms with van der Waals surface area (Å²) < 4.78 is 15.7. The van der Waals surface area contributed by atoms with Gasteiger partial charge in [0.15, 0.2) is 5.78 Å². The number of carbonyl (C=O) groups excluding carboxylic acids is 3. The van der Waals surface area contributed by atoms with E-state index in [0.717, 1.165) is 5.56 Å². The zero-order valence-electron chi connectivity index (χ0n) is 17.4. The van der Waals surface area contributed by atoms with Gasteiger partial charge in [-0.25, -0.2) is 4.79 Å². The number of nitrogens with one attached hydrogen (secondary N) is 1. The molecule has 7 nitrogen and oxygen atoms in total. The highest BCUT2D eigenvalue weighted by Gasteiger charge is 2.37. The van der Waals surface area contributed by atoms with Crippen molar-refractivity contribution in [1.29, 1.82) is 0 Å². The van der Waals surface area contributed by atoms with Crippen LogP contribution in [0.5, 0.6) is 0 Å². The van der Waals surface area contributed by atoms with Crippen LogP contribution in [0.25, 0.3) is 0 Å². The summed E-state index contributed by atoms with van der Waals surface area (Å²) in [5.41, 5.74) is -1.02. The maximum Gasteiger partial charge on any atom is 0.408 e. The van der Waals surface area contributed by atoms with E-state index in [0.29, 0.717) is 6.61 Å². The van der Waals surface area contributed by atoms with Gasteiger partial charge in [-0.15, -0.1) is 0 Å². The molecular formula is C21H31NO6. The average Bonchev–Trinajstić information content (AvgIpc) is 2.58. The molecule has 0 aliphatic rings. The van der Waals surface area contributed by atoms with E-state index in [2.05, 4.69) is 5.32 Å². The molecule has 1 atom stereocenters. The van der Waals surface area contributed by atoms with Gasteiger partial charge in [0, 0.05) is 13.0 Å². The van der Waals surface area contributed by atoms with Gasteiger partial charge in [-0.3, -0.25) is 9.59 Å². The topological polar surface area (TPSA) is 90.9 Å². The fourth-order valence-corrected chi connectivity index (χ4v) is 2.38. The minimum Gasteiger partial charge on any atom is -0.466 e. The van der Waals surface area contributed by atoms with Crippen molar-refractivity contribution >= 4 is 17.8 Å². The third kappa shape index (κ3) is 8.99. The Hall–Kier alpha value is -2.41. The average molecular weight is 393 g/mol. The maximum atomic E-state index is 12.7. The van der Waals surface area contributed by atoms with Gasteiger partial charge in [0.05, 0.1) is 13.2 Å². The summed E-state index contributed by atoms with van der Waals surface area (Å²) in [5.74, 6) is -1.09. The molecule has 0 saturated carbocycles. The van der Waals surface area contributed by atoms with Crippen LogP contribution in [0.4, 0.5) is 4.79 Å². The second-order valence-electron chi connectivity index (χ2n) is 7.65. The molecule has 28 heavy (non-hydrogen) atoms. The van der Waals surface area contributed by atoms with Crippen LogP contribution in [0.3, 0.4) is 0 Å². The van der Waals surface area contributed by atoms with Crippen LogP contribution < -0.4 is 5.32 Å². The van der Waals surface area contributed by atoms with Gasteiger partial charge in [0.1, 0.15) is 17.6 Å². The van der Waals surface area contributed by atoms with E-state index in [1.165, 1.54) is 0 Å². The first-order chi connectivity index (χ1) is 13.1. The van der Waals surface area contributed by atoms with Crippen LogP contribution in [0, 0.1) is 0 Å². The Morgan fingerprint density at radius 2 is 1.68 bits per heavy atom. The quantitative estimate of drug-likeness (QED) is 0.372. The lowest BCUT2D eigenvalue weighted by molar-refractivity contribution is -0.147. The molecule has 0 aliphatic carbocycles. The molecule has 0 saturated heterocycles. The van der Waals surface area contributed by atoms with Crippen molar-refractivity contribution in [2.45, 2.75) is 65.2 Å². The van der Waals surface area contributed by atoms with E-state index in [-0.39, 0.29) is 19.6 Å². The summed E-state index contributed by atoms with van der Waals surface area (Å²) in [6.07, 6.45) is -0.967. The zero-order valence-corrected chi connectivity index (χ0v) is 17.4. The minimum absolute atomic E-state index is 0.183. The van der Waals surface area contributed by atoms with Crippen LogP contribution in [0.15, 0.2) is 30.3 Å². The van der Waals surface area contributed by atoms with Crippen molar-refractivity contribution in [1.82, 2.24) is 5.32 Å². The first kappa shape index (κ1) is 23.6. The van der Waals surface area contributed by atoms with Crippen molar-refractivity contribution in [3.05, 3.63) is 35.9 Å². The van der Waals surface area contributed by atoms with Crippen molar-refractivity contribution < 1.29 is 28.6 Å². The number of carbonyl (C=O) groups is 3. The smallest absolute Gasteiger partial charge is 0.408 e. The Morgan fingerprint density at radius 1 is 1.04 bits per heavy atom. The molecule has 7 heteroatoms. The largest absolute Gasteiger partial charge is 0.466 e. The Labute approximate surface area is 166 Å². The molecule has 1 unspecified atom stereocenters. The molecule has 1 amide bonds. The third-order valence-corrected chi connectivity index (χ3v) is 3.86. The van der Waals surface area contributed by atoms with Gasteiger partial charge in [-0.1, -0.05) is 30.3 Å². The van der Waals surface area contributed by atoms with E-state index in [4.69, 9.17) is 14.2 Å². The molecule has 1 rings (SSSR count). The van der Waals surface area contributed by atoms with E-state index >= 15 is 0 Å². The first-order valence-electron chi connectivity index (χ1n) is 9.37. The lowest BCUT2D eigenvalue weighted by Gasteiger charge is -2.30. The Kier molecular flexibility index (Phi) is 9.12. The second-order valence-corrected chi connectivity index (χ2v) is 7.65. The summed E-state index contributed by atoms with van der Waals surface area (Å²) in [4.78, 5) is 36.6. The molecular weight excluding hydrogens is 362 g/mol. The highest BCUT2D eigenvalue weighted by atomic mass is 16.6. The number of ether oxygens (including phenoxy) is 3. The number of hydrogen-bond donors (Lipinski definition) is 1. The Balaban J connectivity index is 2.73. The summed E-state index contributed by atoms with van der Waals surface area (Å²) >= 11 is 0. The SMILES string of the molecule is CCOC(=O)CC(=O)C(C)(CCOCc1ccccc1)NC(=O)OC(C)(C)C. The first-order valence-corrected chi connectivity index (χ1v) is 9.37. The summed E-state index contributed by atoms with van der Waals surface area (Å²) in [7, 11) is 0. The van der Waals surface area contributed by atoms with E-state index in [9.17, 15) is 14.4 Å². The summed E-state index contributed by atoms with van der Waals surface area (Å²) in [5, 5.41) is 2.60. The molecule has 1 N–H and O–H groups in total. The van der Waals surface area contributed by atoms with E-state index in [1.54, 1.807) is 34.6 Å². The van der Waals surface area contributed by atoms with Gasteiger partial charge >= 0.3 is 12.1 Å². The molecule has 0 bridgehead atoms. The van der Waals surface area contributed by atoms with E-state index < -0.39 is 35.4 Å². The van der Waals surface area contributed by atoms with Crippen LogP contribution in [-0.4, -0.2) is 42.2 Å².